The van der Waals surface area contributed by atoms with E-state index in [9.17, 15) is 4.79 Å². The Labute approximate surface area is 78.8 Å². The van der Waals surface area contributed by atoms with Gasteiger partial charge in [-0.15, -0.1) is 0 Å². The number of hydrogen-bond donors (Lipinski definition) is 2. The summed E-state index contributed by atoms with van der Waals surface area (Å²) in [7, 11) is 1.76. The Morgan fingerprint density at radius 1 is 1.46 bits per heavy atom. The van der Waals surface area contributed by atoms with E-state index in [0.717, 1.165) is 25.7 Å². The van der Waals surface area contributed by atoms with Gasteiger partial charge in [-0.05, 0) is 31.6 Å². The highest BCUT2D eigenvalue weighted by Gasteiger charge is 2.20. The Kier molecular flexibility index (Phi) is 4.02. The van der Waals surface area contributed by atoms with Crippen LogP contribution in [0, 0.1) is 5.92 Å². The Morgan fingerprint density at radius 2 is 2.08 bits per heavy atom. The normalized spacial score (nSPS) is 28.4. The molecule has 0 aliphatic heterocycles. The second-order valence-corrected chi connectivity index (χ2v) is 3.62. The number of urea groups is 1. The molecule has 1 rings (SSSR count). The van der Waals surface area contributed by atoms with Gasteiger partial charge in [0.25, 0.3) is 0 Å². The van der Waals surface area contributed by atoms with Crippen LogP contribution in [-0.2, 0) is 4.74 Å². The Bertz CT molecular complexity index is 165. The fourth-order valence-corrected chi connectivity index (χ4v) is 1.82. The fourth-order valence-electron chi connectivity index (χ4n) is 1.82. The zero-order valence-corrected chi connectivity index (χ0v) is 8.08. The number of ether oxygens (including phenoxy) is 1. The zero-order chi connectivity index (χ0) is 9.68. The number of nitrogens with one attached hydrogen (secondary N) is 1. The minimum absolute atomic E-state index is 0.421. The number of primary amides is 1. The number of methoxy groups -OCH3 is 1. The molecular formula is C9H18N2O2. The highest BCUT2D eigenvalue weighted by molar-refractivity contribution is 5.71. The van der Waals surface area contributed by atoms with Crippen molar-refractivity contribution in [3.8, 4) is 0 Å². The van der Waals surface area contributed by atoms with Crippen LogP contribution in [-0.4, -0.2) is 25.8 Å². The van der Waals surface area contributed by atoms with E-state index >= 15 is 0 Å². The summed E-state index contributed by atoms with van der Waals surface area (Å²) in [5.74, 6) is 0.582. The molecule has 2 amide bonds. The van der Waals surface area contributed by atoms with Crippen molar-refractivity contribution in [2.75, 3.05) is 13.7 Å². The van der Waals surface area contributed by atoms with Gasteiger partial charge in [0.05, 0.1) is 6.10 Å². The van der Waals surface area contributed by atoms with Crippen molar-refractivity contribution in [1.82, 2.24) is 5.32 Å². The second kappa shape index (κ2) is 5.07. The number of carbonyl (C=O) groups excluding carboxylic acids is 1. The molecule has 0 aromatic carbocycles. The monoisotopic (exact) mass is 186 g/mol. The average Bonchev–Trinajstić information content (AvgIpc) is 2.15. The molecule has 0 radical (unpaired) electrons. The highest BCUT2D eigenvalue weighted by Crippen LogP contribution is 2.24. The van der Waals surface area contributed by atoms with Gasteiger partial charge in [-0.2, -0.15) is 0 Å². The lowest BCUT2D eigenvalue weighted by atomic mass is 9.87. The van der Waals surface area contributed by atoms with E-state index in [-0.39, 0.29) is 0 Å². The van der Waals surface area contributed by atoms with Crippen LogP contribution in [0.25, 0.3) is 0 Å². The van der Waals surface area contributed by atoms with Gasteiger partial charge in [-0.25, -0.2) is 4.79 Å². The molecule has 4 heteroatoms. The molecule has 0 atom stereocenters. The molecule has 4 nitrogen and oxygen atoms in total. The smallest absolute Gasteiger partial charge is 0.312 e. The van der Waals surface area contributed by atoms with Crippen molar-refractivity contribution < 1.29 is 9.53 Å². The molecule has 0 spiro atoms. The van der Waals surface area contributed by atoms with Crippen LogP contribution in [0.2, 0.25) is 0 Å². The van der Waals surface area contributed by atoms with Crippen LogP contribution < -0.4 is 11.1 Å². The molecule has 1 aliphatic rings. The average molecular weight is 186 g/mol. The van der Waals surface area contributed by atoms with Gasteiger partial charge in [0.15, 0.2) is 0 Å². The van der Waals surface area contributed by atoms with Crippen molar-refractivity contribution >= 4 is 6.03 Å². The molecule has 1 aliphatic carbocycles. The number of amides is 2. The Hall–Kier alpha value is -0.770. The second-order valence-electron chi connectivity index (χ2n) is 3.62. The topological polar surface area (TPSA) is 64.3 Å². The summed E-state index contributed by atoms with van der Waals surface area (Å²) in [6, 6.07) is -0.422. The third-order valence-electron chi connectivity index (χ3n) is 2.69. The van der Waals surface area contributed by atoms with Crippen LogP contribution in [0.5, 0.6) is 0 Å². The predicted octanol–water partition coefficient (Wildman–Crippen LogP) is 0.860. The molecule has 0 bridgehead atoms. The SMILES string of the molecule is COC1CCC(CNC(N)=O)CC1. The summed E-state index contributed by atoms with van der Waals surface area (Å²) in [4.78, 5) is 10.4. The van der Waals surface area contributed by atoms with Crippen LogP contribution in [0.3, 0.4) is 0 Å². The molecule has 76 valence electrons. The molecule has 0 saturated heterocycles. The lowest BCUT2D eigenvalue weighted by molar-refractivity contribution is 0.0572. The van der Waals surface area contributed by atoms with Crippen molar-refractivity contribution in [2.45, 2.75) is 31.8 Å². The third-order valence-corrected chi connectivity index (χ3v) is 2.69. The van der Waals surface area contributed by atoms with Crippen molar-refractivity contribution in [2.24, 2.45) is 11.7 Å². The van der Waals surface area contributed by atoms with Gasteiger partial charge in [0.1, 0.15) is 0 Å². The minimum Gasteiger partial charge on any atom is -0.381 e. The summed E-state index contributed by atoms with van der Waals surface area (Å²) >= 11 is 0. The van der Waals surface area contributed by atoms with Crippen LogP contribution in [0.15, 0.2) is 0 Å². The van der Waals surface area contributed by atoms with Crippen LogP contribution in [0.1, 0.15) is 25.7 Å². The van der Waals surface area contributed by atoms with Crippen molar-refractivity contribution in [3.63, 3.8) is 0 Å². The van der Waals surface area contributed by atoms with Crippen molar-refractivity contribution in [1.29, 1.82) is 0 Å². The van der Waals surface area contributed by atoms with Gasteiger partial charge >= 0.3 is 6.03 Å². The number of rotatable bonds is 3. The highest BCUT2D eigenvalue weighted by atomic mass is 16.5. The molecule has 1 fully saturated rings. The first kappa shape index (κ1) is 10.3. The summed E-state index contributed by atoms with van der Waals surface area (Å²) in [5, 5.41) is 2.65. The molecular weight excluding hydrogens is 168 g/mol. The maximum absolute atomic E-state index is 10.4. The lowest BCUT2D eigenvalue weighted by Gasteiger charge is -2.27. The van der Waals surface area contributed by atoms with Gasteiger partial charge in [-0.1, -0.05) is 0 Å². The first-order chi connectivity index (χ1) is 6.22. The quantitative estimate of drug-likeness (QED) is 0.686. The van der Waals surface area contributed by atoms with E-state index in [0.29, 0.717) is 18.6 Å². The number of nitrogens with two attached hydrogens (primary N) is 1. The third kappa shape index (κ3) is 3.63. The fraction of sp³-hybridized carbons (Fsp3) is 0.889. The Morgan fingerprint density at radius 3 is 2.54 bits per heavy atom. The van der Waals surface area contributed by atoms with Crippen LogP contribution >= 0.6 is 0 Å². The van der Waals surface area contributed by atoms with E-state index in [1.807, 2.05) is 0 Å². The summed E-state index contributed by atoms with van der Waals surface area (Å²) in [6.45, 7) is 0.714. The van der Waals surface area contributed by atoms with E-state index in [4.69, 9.17) is 10.5 Å². The van der Waals surface area contributed by atoms with Crippen LogP contribution in [0.4, 0.5) is 4.79 Å². The summed E-state index contributed by atoms with van der Waals surface area (Å²) < 4.78 is 5.25. The van der Waals surface area contributed by atoms with Gasteiger partial charge in [-0.3, -0.25) is 0 Å². The lowest BCUT2D eigenvalue weighted by Crippen LogP contribution is -2.35. The van der Waals surface area contributed by atoms with Crippen molar-refractivity contribution in [3.05, 3.63) is 0 Å². The maximum Gasteiger partial charge on any atom is 0.312 e. The first-order valence-electron chi connectivity index (χ1n) is 4.78. The molecule has 3 N–H and O–H groups in total. The van der Waals surface area contributed by atoms with E-state index in [1.54, 1.807) is 7.11 Å². The zero-order valence-electron chi connectivity index (χ0n) is 8.08. The van der Waals surface area contributed by atoms with E-state index in [2.05, 4.69) is 5.32 Å². The molecule has 0 heterocycles. The van der Waals surface area contributed by atoms with E-state index in [1.165, 1.54) is 0 Å². The van der Waals surface area contributed by atoms with Gasteiger partial charge < -0.3 is 15.8 Å². The molecule has 0 unspecified atom stereocenters. The summed E-state index contributed by atoms with van der Waals surface area (Å²) in [6.07, 6.45) is 4.87. The van der Waals surface area contributed by atoms with Gasteiger partial charge in [0.2, 0.25) is 0 Å². The predicted molar refractivity (Wildman–Crippen MR) is 50.3 cm³/mol. The Balaban J connectivity index is 2.14. The molecule has 1 saturated carbocycles. The van der Waals surface area contributed by atoms with Gasteiger partial charge in [0, 0.05) is 13.7 Å². The minimum atomic E-state index is -0.422. The molecule has 13 heavy (non-hydrogen) atoms. The maximum atomic E-state index is 10.4. The summed E-state index contributed by atoms with van der Waals surface area (Å²) in [5.41, 5.74) is 4.99. The molecule has 0 aromatic heterocycles. The standard InChI is InChI=1S/C9H18N2O2/c1-13-8-4-2-7(3-5-8)6-11-9(10)12/h7-8H,2-6H2,1H3,(H3,10,11,12). The molecule has 0 aromatic rings. The van der Waals surface area contributed by atoms with E-state index < -0.39 is 6.03 Å². The number of hydrogen-bond acceptors (Lipinski definition) is 2. The largest absolute Gasteiger partial charge is 0.381 e. The number of carbonyl (C=O) groups is 1. The first-order valence-corrected chi connectivity index (χ1v) is 4.78.